The van der Waals surface area contributed by atoms with Crippen molar-refractivity contribution in [3.63, 3.8) is 0 Å². The van der Waals surface area contributed by atoms with Crippen molar-refractivity contribution >= 4 is 33.1 Å². The van der Waals surface area contributed by atoms with Crippen LogP contribution in [0.15, 0.2) is 36.4 Å². The molecule has 2 aromatic carbocycles. The van der Waals surface area contributed by atoms with Crippen LogP contribution in [0, 0.1) is 5.92 Å². The predicted octanol–water partition coefficient (Wildman–Crippen LogP) is 5.06. The minimum atomic E-state index is -4.19. The second-order valence-corrected chi connectivity index (χ2v) is 14.4. The number of aromatic nitrogens is 1. The Balaban J connectivity index is 1.61. The maximum absolute atomic E-state index is 13.5. The summed E-state index contributed by atoms with van der Waals surface area (Å²) in [7, 11) is 3.22. The lowest BCUT2D eigenvalue weighted by Gasteiger charge is -2.24. The minimum absolute atomic E-state index is 0.0970. The third kappa shape index (κ3) is 7.43. The normalized spacial score (nSPS) is 17.0. The highest BCUT2D eigenvalue weighted by molar-refractivity contribution is 7.87. The summed E-state index contributed by atoms with van der Waals surface area (Å²) in [4.78, 5) is 26.4. The summed E-state index contributed by atoms with van der Waals surface area (Å²) >= 11 is 0. The molecule has 13 heteroatoms. The molecule has 0 saturated heterocycles. The number of ether oxygens (including phenoxy) is 3. The van der Waals surface area contributed by atoms with Crippen LogP contribution in [0.5, 0.6) is 5.75 Å². The molecular weight excluding hydrogens is 624 g/mol. The van der Waals surface area contributed by atoms with Gasteiger partial charge in [-0.15, -0.1) is 0 Å². The Morgan fingerprint density at radius 2 is 1.77 bits per heavy atom. The molecule has 1 atom stereocenters. The van der Waals surface area contributed by atoms with E-state index in [-0.39, 0.29) is 18.0 Å². The quantitative estimate of drug-likeness (QED) is 0.255. The van der Waals surface area contributed by atoms with Crippen molar-refractivity contribution in [3.8, 4) is 17.0 Å². The number of fused-ring (bicyclic) bond motifs is 5. The zero-order valence-corrected chi connectivity index (χ0v) is 28.6. The van der Waals surface area contributed by atoms with Crippen LogP contribution in [0.1, 0.15) is 65.9 Å². The first-order valence-corrected chi connectivity index (χ1v) is 17.5. The van der Waals surface area contributed by atoms with Crippen LogP contribution in [0.25, 0.3) is 22.2 Å². The van der Waals surface area contributed by atoms with Crippen molar-refractivity contribution in [1.29, 1.82) is 0 Å². The molecule has 2 heterocycles. The monoisotopic (exact) mass is 670 g/mol. The molecule has 2 aliphatic rings. The van der Waals surface area contributed by atoms with Gasteiger partial charge in [0.2, 0.25) is 0 Å². The number of amides is 2. The van der Waals surface area contributed by atoms with Gasteiger partial charge in [-0.05, 0) is 79.0 Å². The molecule has 2 N–H and O–H groups in total. The molecule has 2 amide bonds. The largest absolute Gasteiger partial charge is 0.497 e. The molecule has 47 heavy (non-hydrogen) atoms. The third-order valence-corrected chi connectivity index (χ3v) is 11.1. The molecule has 12 nitrogen and oxygen atoms in total. The molecule has 3 aromatic rings. The van der Waals surface area contributed by atoms with Crippen LogP contribution in [0.4, 0.5) is 4.79 Å². The van der Waals surface area contributed by atoms with E-state index in [0.29, 0.717) is 25.4 Å². The number of benzene rings is 2. The summed E-state index contributed by atoms with van der Waals surface area (Å²) in [5, 5.41) is 10.6. The molecular formula is C34H46N4O8S. The Morgan fingerprint density at radius 3 is 2.43 bits per heavy atom. The predicted molar refractivity (Wildman–Crippen MR) is 179 cm³/mol. The number of methoxy groups -OCH3 is 3. The van der Waals surface area contributed by atoms with E-state index in [9.17, 15) is 23.1 Å². The second-order valence-electron chi connectivity index (χ2n) is 12.6. The first-order valence-electron chi connectivity index (χ1n) is 16.1. The number of nitrogens with one attached hydrogen (secondary N) is 1. The fourth-order valence-electron chi connectivity index (χ4n) is 7.01. The number of nitrogens with zero attached hydrogens (tertiary/aromatic N) is 3. The van der Waals surface area contributed by atoms with E-state index in [1.807, 2.05) is 12.1 Å². The van der Waals surface area contributed by atoms with E-state index in [0.717, 1.165) is 69.9 Å². The SMILES string of the molecule is COc1ccc2c(c1)CC(CCN(C)C(=O)O)Cn1c-2c(C2CCCCC2)c2ccc(C(=O)NS(=O)(=O)N(C)CC(OC)OC)cc21. The summed E-state index contributed by atoms with van der Waals surface area (Å²) in [5.41, 5.74) is 5.72. The Labute approximate surface area is 276 Å². The summed E-state index contributed by atoms with van der Waals surface area (Å²) in [6.07, 6.45) is 5.27. The van der Waals surface area contributed by atoms with Crippen molar-refractivity contribution in [1.82, 2.24) is 18.5 Å². The number of carbonyl (C=O) groups is 2. The van der Waals surface area contributed by atoms with Gasteiger partial charge < -0.3 is 28.8 Å². The topological polar surface area (TPSA) is 140 Å². The van der Waals surface area contributed by atoms with Gasteiger partial charge in [0.25, 0.3) is 5.91 Å². The van der Waals surface area contributed by atoms with Crippen LogP contribution >= 0.6 is 0 Å². The van der Waals surface area contributed by atoms with Gasteiger partial charge in [-0.25, -0.2) is 9.52 Å². The second kappa shape index (κ2) is 14.6. The zero-order valence-electron chi connectivity index (χ0n) is 27.8. The van der Waals surface area contributed by atoms with Crippen LogP contribution < -0.4 is 9.46 Å². The fraction of sp³-hybridized carbons (Fsp3) is 0.529. The van der Waals surface area contributed by atoms with E-state index >= 15 is 0 Å². The van der Waals surface area contributed by atoms with Gasteiger partial charge >= 0.3 is 16.3 Å². The van der Waals surface area contributed by atoms with E-state index in [4.69, 9.17) is 14.2 Å². The van der Waals surface area contributed by atoms with Crippen molar-refractivity contribution in [2.75, 3.05) is 48.5 Å². The van der Waals surface area contributed by atoms with Gasteiger partial charge in [0, 0.05) is 63.4 Å². The van der Waals surface area contributed by atoms with Gasteiger partial charge in [-0.1, -0.05) is 25.3 Å². The van der Waals surface area contributed by atoms with E-state index in [2.05, 4.69) is 21.4 Å². The average molecular weight is 671 g/mol. The molecule has 1 fully saturated rings. The molecule has 1 aliphatic carbocycles. The highest BCUT2D eigenvalue weighted by atomic mass is 32.2. The maximum atomic E-state index is 13.5. The van der Waals surface area contributed by atoms with Crippen molar-refractivity contribution < 1.29 is 37.3 Å². The highest BCUT2D eigenvalue weighted by Crippen LogP contribution is 2.47. The summed E-state index contributed by atoms with van der Waals surface area (Å²) in [6, 6.07) is 11.6. The molecule has 1 unspecified atom stereocenters. The molecule has 0 bridgehead atoms. The number of hydrogen-bond donors (Lipinski definition) is 2. The summed E-state index contributed by atoms with van der Waals surface area (Å²) in [5.74, 6) is 0.467. The number of likely N-dealkylation sites (N-methyl/N-ethyl adjacent to an activating group) is 1. The van der Waals surface area contributed by atoms with Gasteiger partial charge in [-0.3, -0.25) is 4.79 Å². The van der Waals surface area contributed by atoms with Gasteiger partial charge in [0.05, 0.1) is 19.3 Å². The molecule has 1 saturated carbocycles. The number of carboxylic acid groups (broad SMARTS) is 1. The first kappa shape index (κ1) is 34.7. The molecule has 0 spiro atoms. The maximum Gasteiger partial charge on any atom is 0.407 e. The van der Waals surface area contributed by atoms with Crippen molar-refractivity contribution in [2.24, 2.45) is 5.92 Å². The zero-order chi connectivity index (χ0) is 33.9. The van der Waals surface area contributed by atoms with E-state index < -0.39 is 28.5 Å². The van der Waals surface area contributed by atoms with Crippen LogP contribution in [-0.2, 0) is 32.6 Å². The Morgan fingerprint density at radius 1 is 1.04 bits per heavy atom. The van der Waals surface area contributed by atoms with Crippen molar-refractivity contribution in [2.45, 2.75) is 63.7 Å². The average Bonchev–Trinajstić information content (AvgIpc) is 3.28. The lowest BCUT2D eigenvalue weighted by Crippen LogP contribution is -2.45. The Hall–Kier alpha value is -3.65. The van der Waals surface area contributed by atoms with Crippen LogP contribution in [0.2, 0.25) is 0 Å². The molecule has 256 valence electrons. The van der Waals surface area contributed by atoms with E-state index in [1.54, 1.807) is 26.3 Å². The molecule has 0 radical (unpaired) electrons. The molecule has 5 rings (SSSR count). The number of carbonyl (C=O) groups excluding carboxylic acids is 1. The summed E-state index contributed by atoms with van der Waals surface area (Å²) in [6.45, 7) is 0.897. The highest BCUT2D eigenvalue weighted by Gasteiger charge is 2.32. The van der Waals surface area contributed by atoms with Gasteiger partial charge in [0.1, 0.15) is 5.75 Å². The smallest absolute Gasteiger partial charge is 0.407 e. The van der Waals surface area contributed by atoms with E-state index in [1.165, 1.54) is 38.2 Å². The van der Waals surface area contributed by atoms with Crippen molar-refractivity contribution in [3.05, 3.63) is 53.1 Å². The Bertz CT molecular complexity index is 1710. The minimum Gasteiger partial charge on any atom is -0.497 e. The third-order valence-electron chi connectivity index (χ3n) is 9.66. The standard InChI is InChI=1S/C34H46N4O8S/c1-36(34(40)41)16-15-22-17-25-18-26(44-3)12-14-27(25)32-31(23-9-7-6-8-10-23)28-13-11-24(19-29(28)38(32)20-22)33(39)35-47(42,43)37(2)21-30(45-4)46-5/h11-14,18-19,22-23,30H,6-10,15-17,20-21H2,1-5H3,(H,35,39)(H,40,41). The molecule has 1 aliphatic heterocycles. The molecule has 1 aromatic heterocycles. The lowest BCUT2D eigenvalue weighted by molar-refractivity contribution is -0.106. The summed E-state index contributed by atoms with van der Waals surface area (Å²) < 4.78 is 47.4. The number of rotatable bonds is 12. The number of hydrogen-bond acceptors (Lipinski definition) is 7. The fourth-order valence-corrected chi connectivity index (χ4v) is 7.83. The van der Waals surface area contributed by atoms with Gasteiger partial charge in [0.15, 0.2) is 6.29 Å². The first-order chi connectivity index (χ1) is 22.5. The Kier molecular flexibility index (Phi) is 10.8. The van der Waals surface area contributed by atoms with Gasteiger partial charge in [-0.2, -0.15) is 12.7 Å². The van der Waals surface area contributed by atoms with Crippen LogP contribution in [-0.4, -0.2) is 94.1 Å². The van der Waals surface area contributed by atoms with Crippen LogP contribution in [0.3, 0.4) is 0 Å². The lowest BCUT2D eigenvalue weighted by atomic mass is 9.81.